The summed E-state index contributed by atoms with van der Waals surface area (Å²) in [7, 11) is 0. The molecule has 2 aliphatic rings. The van der Waals surface area contributed by atoms with Gasteiger partial charge in [-0.1, -0.05) is 5.16 Å². The first-order valence-corrected chi connectivity index (χ1v) is 8.05. The standard InChI is InChI=1S/C16H25N3O2/c1-10(14-11(2)18-21-12(14)3)17-16(20)15(13-6-7-13)19-8-4-5-9-19/h10,13,15H,4-9H2,1-3H3,(H,17,20)/t10-,15+/m1/s1. The van der Waals surface area contributed by atoms with Crippen molar-refractivity contribution in [2.45, 2.75) is 58.5 Å². The molecule has 3 rings (SSSR count). The minimum absolute atomic E-state index is 0.0485. The fourth-order valence-corrected chi connectivity index (χ4v) is 3.59. The lowest BCUT2D eigenvalue weighted by molar-refractivity contribution is -0.127. The Bertz CT molecular complexity index is 496. The number of hydrogen-bond acceptors (Lipinski definition) is 4. The molecular weight excluding hydrogens is 266 g/mol. The van der Waals surface area contributed by atoms with Gasteiger partial charge in [-0.3, -0.25) is 9.69 Å². The largest absolute Gasteiger partial charge is 0.361 e. The Kier molecular flexibility index (Phi) is 4.02. The third-order valence-electron chi connectivity index (χ3n) is 4.75. The molecule has 0 spiro atoms. The van der Waals surface area contributed by atoms with E-state index in [1.807, 2.05) is 20.8 Å². The number of carbonyl (C=O) groups is 1. The summed E-state index contributed by atoms with van der Waals surface area (Å²) in [6.07, 6.45) is 4.81. The predicted molar refractivity (Wildman–Crippen MR) is 79.9 cm³/mol. The Morgan fingerprint density at radius 2 is 2.00 bits per heavy atom. The Labute approximate surface area is 126 Å². The summed E-state index contributed by atoms with van der Waals surface area (Å²) in [5.41, 5.74) is 1.88. The first kappa shape index (κ1) is 14.6. The lowest BCUT2D eigenvalue weighted by atomic mass is 10.1. The van der Waals surface area contributed by atoms with Gasteiger partial charge in [0.2, 0.25) is 5.91 Å². The van der Waals surface area contributed by atoms with Crippen molar-refractivity contribution in [3.63, 3.8) is 0 Å². The summed E-state index contributed by atoms with van der Waals surface area (Å²) < 4.78 is 5.21. The van der Waals surface area contributed by atoms with Gasteiger partial charge < -0.3 is 9.84 Å². The molecule has 5 nitrogen and oxygen atoms in total. The quantitative estimate of drug-likeness (QED) is 0.904. The summed E-state index contributed by atoms with van der Waals surface area (Å²) in [5.74, 6) is 1.52. The van der Waals surface area contributed by atoms with Crippen LogP contribution in [0.4, 0.5) is 0 Å². The number of likely N-dealkylation sites (tertiary alicyclic amines) is 1. The molecule has 1 aromatic rings. The zero-order valence-corrected chi connectivity index (χ0v) is 13.2. The second-order valence-corrected chi connectivity index (χ2v) is 6.49. The lowest BCUT2D eigenvalue weighted by Gasteiger charge is -2.28. The molecule has 1 N–H and O–H groups in total. The van der Waals surface area contributed by atoms with E-state index >= 15 is 0 Å². The number of hydrogen-bond donors (Lipinski definition) is 1. The van der Waals surface area contributed by atoms with Gasteiger partial charge in [-0.05, 0) is 65.5 Å². The molecule has 21 heavy (non-hydrogen) atoms. The van der Waals surface area contributed by atoms with Gasteiger partial charge in [-0.2, -0.15) is 0 Å². The van der Waals surface area contributed by atoms with Crippen LogP contribution in [-0.4, -0.2) is 35.1 Å². The average molecular weight is 291 g/mol. The van der Waals surface area contributed by atoms with Crippen LogP contribution in [0.1, 0.15) is 55.7 Å². The molecule has 1 amide bonds. The predicted octanol–water partition coefficient (Wildman–Crippen LogP) is 2.34. The first-order valence-electron chi connectivity index (χ1n) is 8.05. The van der Waals surface area contributed by atoms with Crippen LogP contribution in [0.25, 0.3) is 0 Å². The van der Waals surface area contributed by atoms with Crippen molar-refractivity contribution < 1.29 is 9.32 Å². The van der Waals surface area contributed by atoms with Crippen LogP contribution in [-0.2, 0) is 4.79 Å². The van der Waals surface area contributed by atoms with Crippen LogP contribution >= 0.6 is 0 Å². The Morgan fingerprint density at radius 1 is 1.33 bits per heavy atom. The van der Waals surface area contributed by atoms with Crippen LogP contribution in [0, 0.1) is 19.8 Å². The molecule has 0 aromatic carbocycles. The fraction of sp³-hybridized carbons (Fsp3) is 0.750. The van der Waals surface area contributed by atoms with Gasteiger partial charge in [-0.15, -0.1) is 0 Å². The van der Waals surface area contributed by atoms with Crippen molar-refractivity contribution in [1.29, 1.82) is 0 Å². The van der Waals surface area contributed by atoms with Crippen molar-refractivity contribution in [2.24, 2.45) is 5.92 Å². The molecule has 2 heterocycles. The monoisotopic (exact) mass is 291 g/mol. The summed E-state index contributed by atoms with van der Waals surface area (Å²) in [4.78, 5) is 15.1. The molecule has 0 bridgehead atoms. The van der Waals surface area contributed by atoms with Crippen LogP contribution in [0.2, 0.25) is 0 Å². The summed E-state index contributed by atoms with van der Waals surface area (Å²) in [5, 5.41) is 7.16. The van der Waals surface area contributed by atoms with Crippen LogP contribution in [0.3, 0.4) is 0 Å². The van der Waals surface area contributed by atoms with Gasteiger partial charge in [-0.25, -0.2) is 0 Å². The van der Waals surface area contributed by atoms with Gasteiger partial charge in [0.1, 0.15) is 5.76 Å². The van der Waals surface area contributed by atoms with Crippen molar-refractivity contribution >= 4 is 5.91 Å². The third kappa shape index (κ3) is 2.98. The molecule has 1 saturated heterocycles. The van der Waals surface area contributed by atoms with Crippen molar-refractivity contribution in [1.82, 2.24) is 15.4 Å². The zero-order valence-electron chi connectivity index (χ0n) is 13.2. The van der Waals surface area contributed by atoms with Gasteiger partial charge in [0.05, 0.1) is 17.8 Å². The second kappa shape index (κ2) is 5.79. The van der Waals surface area contributed by atoms with E-state index in [1.54, 1.807) is 0 Å². The van der Waals surface area contributed by atoms with Gasteiger partial charge in [0.15, 0.2) is 0 Å². The van der Waals surface area contributed by atoms with Gasteiger partial charge in [0, 0.05) is 5.56 Å². The molecule has 0 unspecified atom stereocenters. The highest BCUT2D eigenvalue weighted by molar-refractivity contribution is 5.83. The number of aromatic nitrogens is 1. The minimum Gasteiger partial charge on any atom is -0.361 e. The van der Waals surface area contributed by atoms with E-state index in [2.05, 4.69) is 15.4 Å². The van der Waals surface area contributed by atoms with E-state index in [9.17, 15) is 4.79 Å². The number of rotatable bonds is 5. The summed E-state index contributed by atoms with van der Waals surface area (Å²) in [6, 6.07) is 0.0167. The minimum atomic E-state index is -0.0485. The van der Waals surface area contributed by atoms with Crippen LogP contribution in [0.5, 0.6) is 0 Å². The molecule has 116 valence electrons. The SMILES string of the molecule is Cc1noc(C)c1[C@@H](C)NC(=O)[C@H](C1CC1)N1CCCC1. The Balaban J connectivity index is 1.69. The Hall–Kier alpha value is -1.36. The molecule has 5 heteroatoms. The molecule has 1 aliphatic heterocycles. The molecular formula is C16H25N3O2. The van der Waals surface area contributed by atoms with E-state index in [1.165, 1.54) is 25.7 Å². The highest BCUT2D eigenvalue weighted by Gasteiger charge is 2.41. The smallest absolute Gasteiger partial charge is 0.238 e. The van der Waals surface area contributed by atoms with Crippen LogP contribution < -0.4 is 5.32 Å². The average Bonchev–Trinajstić information content (AvgIpc) is 2.98. The number of carbonyl (C=O) groups excluding carboxylic acids is 1. The fourth-order valence-electron chi connectivity index (χ4n) is 3.59. The summed E-state index contributed by atoms with van der Waals surface area (Å²) >= 11 is 0. The summed E-state index contributed by atoms with van der Waals surface area (Å²) in [6.45, 7) is 7.96. The topological polar surface area (TPSA) is 58.4 Å². The first-order chi connectivity index (χ1) is 10.1. The number of amides is 1. The Morgan fingerprint density at radius 3 is 2.52 bits per heavy atom. The molecule has 0 radical (unpaired) electrons. The highest BCUT2D eigenvalue weighted by atomic mass is 16.5. The number of aryl methyl sites for hydroxylation is 2. The number of nitrogens with zero attached hydrogens (tertiary/aromatic N) is 2. The maximum Gasteiger partial charge on any atom is 0.238 e. The molecule has 2 fully saturated rings. The number of nitrogens with one attached hydrogen (secondary N) is 1. The normalized spacial score (nSPS) is 22.2. The van der Waals surface area contributed by atoms with E-state index in [4.69, 9.17) is 4.52 Å². The van der Waals surface area contributed by atoms with Gasteiger partial charge in [0.25, 0.3) is 0 Å². The maximum absolute atomic E-state index is 12.7. The lowest BCUT2D eigenvalue weighted by Crippen LogP contribution is -2.47. The van der Waals surface area contributed by atoms with Crippen molar-refractivity contribution in [2.75, 3.05) is 13.1 Å². The van der Waals surface area contributed by atoms with Crippen molar-refractivity contribution in [3.8, 4) is 0 Å². The third-order valence-corrected chi connectivity index (χ3v) is 4.75. The maximum atomic E-state index is 12.7. The molecule has 2 atom stereocenters. The van der Waals surface area contributed by atoms with Crippen molar-refractivity contribution in [3.05, 3.63) is 17.0 Å². The molecule has 1 aromatic heterocycles. The van der Waals surface area contributed by atoms with Crippen LogP contribution in [0.15, 0.2) is 4.52 Å². The van der Waals surface area contributed by atoms with E-state index in [0.717, 1.165) is 30.1 Å². The van der Waals surface area contributed by atoms with Gasteiger partial charge >= 0.3 is 0 Å². The zero-order chi connectivity index (χ0) is 15.0. The van der Waals surface area contributed by atoms with E-state index in [0.29, 0.717) is 5.92 Å². The highest BCUT2D eigenvalue weighted by Crippen LogP contribution is 2.37. The second-order valence-electron chi connectivity index (χ2n) is 6.49. The molecule has 1 aliphatic carbocycles. The van der Waals surface area contributed by atoms with E-state index in [-0.39, 0.29) is 18.0 Å². The molecule has 1 saturated carbocycles. The van der Waals surface area contributed by atoms with E-state index < -0.39 is 0 Å².